The maximum atomic E-state index is 12.8. The summed E-state index contributed by atoms with van der Waals surface area (Å²) in [5.74, 6) is -0.915. The van der Waals surface area contributed by atoms with E-state index in [0.29, 0.717) is 5.69 Å². The molecule has 7 heteroatoms. The van der Waals surface area contributed by atoms with E-state index in [0.717, 1.165) is 12.1 Å². The molecule has 4 nitrogen and oxygen atoms in total. The number of halogens is 3. The number of alkyl halides is 3. The third-order valence-electron chi connectivity index (χ3n) is 3.27. The molecule has 0 fully saturated rings. The number of benzene rings is 1. The lowest BCUT2D eigenvalue weighted by atomic mass is 10.0. The minimum Gasteiger partial charge on any atom is -0.376 e. The Bertz CT molecular complexity index is 513. The van der Waals surface area contributed by atoms with Crippen molar-refractivity contribution in [3.63, 3.8) is 0 Å². The van der Waals surface area contributed by atoms with E-state index in [-0.39, 0.29) is 5.69 Å². The Hall–Kier alpha value is -1.76. The smallest absolute Gasteiger partial charge is 0.376 e. The van der Waals surface area contributed by atoms with Crippen molar-refractivity contribution < 1.29 is 18.0 Å². The van der Waals surface area contributed by atoms with Crippen LogP contribution in [-0.4, -0.2) is 26.0 Å². The molecule has 0 bridgehead atoms. The summed E-state index contributed by atoms with van der Waals surface area (Å²) < 4.78 is 38.3. The predicted octanol–water partition coefficient (Wildman–Crippen LogP) is 2.69. The zero-order valence-electron chi connectivity index (χ0n) is 12.5. The second kappa shape index (κ2) is 6.34. The van der Waals surface area contributed by atoms with Gasteiger partial charge in [0, 0.05) is 20.1 Å². The first-order chi connectivity index (χ1) is 9.54. The molecular weight excluding hydrogens is 283 g/mol. The van der Waals surface area contributed by atoms with E-state index in [9.17, 15) is 18.0 Å². The Labute approximate surface area is 122 Å². The topological polar surface area (TPSA) is 58.4 Å². The summed E-state index contributed by atoms with van der Waals surface area (Å²) in [6, 6.07) is 2.86. The van der Waals surface area contributed by atoms with Crippen LogP contribution in [0, 0.1) is 5.92 Å². The standard InChI is InChI=1S/C14H20F3N3O/c1-8(9(2)18)13(21)19-11-7-10(14(15,16)17)5-6-12(11)20(3)4/h5-9H,18H2,1-4H3,(H,19,21). The van der Waals surface area contributed by atoms with Crippen LogP contribution in [-0.2, 0) is 11.0 Å². The SMILES string of the molecule is CC(N)C(C)C(=O)Nc1cc(C(F)(F)F)ccc1N(C)C. The van der Waals surface area contributed by atoms with Crippen LogP contribution < -0.4 is 16.0 Å². The Morgan fingerprint density at radius 3 is 2.29 bits per heavy atom. The van der Waals surface area contributed by atoms with Gasteiger partial charge in [0.1, 0.15) is 0 Å². The molecule has 118 valence electrons. The molecule has 0 spiro atoms. The Balaban J connectivity index is 3.16. The quantitative estimate of drug-likeness (QED) is 0.899. The summed E-state index contributed by atoms with van der Waals surface area (Å²) in [4.78, 5) is 13.6. The van der Waals surface area contributed by atoms with E-state index < -0.39 is 29.6 Å². The number of carbonyl (C=O) groups excluding carboxylic acids is 1. The molecule has 1 aromatic rings. The number of rotatable bonds is 4. The fraction of sp³-hybridized carbons (Fsp3) is 0.500. The van der Waals surface area contributed by atoms with Crippen LogP contribution in [0.5, 0.6) is 0 Å². The summed E-state index contributed by atoms with van der Waals surface area (Å²) in [5.41, 5.74) is 5.44. The summed E-state index contributed by atoms with van der Waals surface area (Å²) in [5, 5.41) is 2.52. The van der Waals surface area contributed by atoms with Crippen molar-refractivity contribution in [1.29, 1.82) is 0 Å². The molecular formula is C14H20F3N3O. The first-order valence-corrected chi connectivity index (χ1v) is 6.49. The summed E-state index contributed by atoms with van der Waals surface area (Å²) in [6.45, 7) is 3.30. The highest BCUT2D eigenvalue weighted by molar-refractivity contribution is 5.96. The number of carbonyl (C=O) groups is 1. The van der Waals surface area contributed by atoms with Crippen LogP contribution in [0.25, 0.3) is 0 Å². The molecule has 0 aliphatic carbocycles. The van der Waals surface area contributed by atoms with Gasteiger partial charge >= 0.3 is 6.18 Å². The van der Waals surface area contributed by atoms with Crippen LogP contribution in [0.3, 0.4) is 0 Å². The second-order valence-corrected chi connectivity index (χ2v) is 5.26. The van der Waals surface area contributed by atoms with Crippen molar-refractivity contribution in [3.05, 3.63) is 23.8 Å². The molecule has 0 saturated heterocycles. The van der Waals surface area contributed by atoms with Crippen LogP contribution in [0.4, 0.5) is 24.5 Å². The Morgan fingerprint density at radius 1 is 1.29 bits per heavy atom. The van der Waals surface area contributed by atoms with Crippen molar-refractivity contribution in [1.82, 2.24) is 0 Å². The lowest BCUT2D eigenvalue weighted by molar-refractivity contribution is -0.137. The number of nitrogens with zero attached hydrogens (tertiary/aromatic N) is 1. The maximum Gasteiger partial charge on any atom is 0.416 e. The van der Waals surface area contributed by atoms with E-state index in [2.05, 4.69) is 5.32 Å². The lowest BCUT2D eigenvalue weighted by Gasteiger charge is -2.22. The van der Waals surface area contributed by atoms with Gasteiger partial charge in [0.2, 0.25) is 5.91 Å². The molecule has 2 atom stereocenters. The largest absolute Gasteiger partial charge is 0.416 e. The van der Waals surface area contributed by atoms with E-state index in [4.69, 9.17) is 5.73 Å². The zero-order valence-corrected chi connectivity index (χ0v) is 12.5. The number of nitrogens with one attached hydrogen (secondary N) is 1. The fourth-order valence-electron chi connectivity index (χ4n) is 1.69. The van der Waals surface area contributed by atoms with E-state index >= 15 is 0 Å². The van der Waals surface area contributed by atoms with Gasteiger partial charge in [-0.1, -0.05) is 6.92 Å². The molecule has 21 heavy (non-hydrogen) atoms. The van der Waals surface area contributed by atoms with Gasteiger partial charge in [0.15, 0.2) is 0 Å². The third kappa shape index (κ3) is 4.35. The highest BCUT2D eigenvalue weighted by Crippen LogP contribution is 2.35. The van der Waals surface area contributed by atoms with Gasteiger partial charge in [0.05, 0.1) is 22.9 Å². The van der Waals surface area contributed by atoms with Crippen molar-refractivity contribution >= 4 is 17.3 Å². The van der Waals surface area contributed by atoms with Gasteiger partial charge in [-0.15, -0.1) is 0 Å². The molecule has 3 N–H and O–H groups in total. The zero-order chi connectivity index (χ0) is 16.4. The normalized spacial score (nSPS) is 14.5. The summed E-state index contributed by atoms with van der Waals surface area (Å²) in [7, 11) is 3.38. The first-order valence-electron chi connectivity index (χ1n) is 6.49. The molecule has 0 aromatic heterocycles. The van der Waals surface area contributed by atoms with Crippen LogP contribution in [0.15, 0.2) is 18.2 Å². The molecule has 1 amide bonds. The van der Waals surface area contributed by atoms with Gasteiger partial charge in [0.25, 0.3) is 0 Å². The highest BCUT2D eigenvalue weighted by Gasteiger charge is 2.31. The number of anilines is 2. The molecule has 0 aliphatic rings. The monoisotopic (exact) mass is 303 g/mol. The third-order valence-corrected chi connectivity index (χ3v) is 3.27. The van der Waals surface area contributed by atoms with Crippen molar-refractivity contribution in [2.45, 2.75) is 26.1 Å². The number of amides is 1. The van der Waals surface area contributed by atoms with Crippen molar-refractivity contribution in [2.75, 3.05) is 24.3 Å². The number of hydrogen-bond acceptors (Lipinski definition) is 3. The van der Waals surface area contributed by atoms with Gasteiger partial charge in [-0.05, 0) is 25.1 Å². The van der Waals surface area contributed by atoms with Gasteiger partial charge in [-0.2, -0.15) is 13.2 Å². The van der Waals surface area contributed by atoms with E-state index in [1.54, 1.807) is 32.8 Å². The van der Waals surface area contributed by atoms with Gasteiger partial charge in [-0.3, -0.25) is 4.79 Å². The lowest BCUT2D eigenvalue weighted by Crippen LogP contribution is -2.34. The van der Waals surface area contributed by atoms with Crippen LogP contribution >= 0.6 is 0 Å². The molecule has 0 saturated carbocycles. The summed E-state index contributed by atoms with van der Waals surface area (Å²) >= 11 is 0. The Morgan fingerprint density at radius 2 is 1.86 bits per heavy atom. The van der Waals surface area contributed by atoms with Crippen LogP contribution in [0.1, 0.15) is 19.4 Å². The summed E-state index contributed by atoms with van der Waals surface area (Å²) in [6.07, 6.45) is -4.46. The molecule has 2 unspecified atom stereocenters. The molecule has 0 aliphatic heterocycles. The minimum atomic E-state index is -4.46. The first kappa shape index (κ1) is 17.3. The van der Waals surface area contributed by atoms with E-state index in [1.807, 2.05) is 0 Å². The molecule has 1 rings (SSSR count). The number of hydrogen-bond donors (Lipinski definition) is 2. The van der Waals surface area contributed by atoms with E-state index in [1.165, 1.54) is 6.07 Å². The fourth-order valence-corrected chi connectivity index (χ4v) is 1.69. The van der Waals surface area contributed by atoms with Crippen molar-refractivity contribution in [3.8, 4) is 0 Å². The molecule has 1 aromatic carbocycles. The van der Waals surface area contributed by atoms with Crippen molar-refractivity contribution in [2.24, 2.45) is 11.7 Å². The Kier molecular flexibility index (Phi) is 5.22. The van der Waals surface area contributed by atoms with Crippen LogP contribution in [0.2, 0.25) is 0 Å². The minimum absolute atomic E-state index is 0.118. The maximum absolute atomic E-state index is 12.8. The molecule has 0 heterocycles. The van der Waals surface area contributed by atoms with Gasteiger partial charge < -0.3 is 16.0 Å². The second-order valence-electron chi connectivity index (χ2n) is 5.26. The molecule has 0 radical (unpaired) electrons. The predicted molar refractivity (Wildman–Crippen MR) is 77.2 cm³/mol. The number of nitrogens with two attached hydrogens (primary N) is 1. The highest BCUT2D eigenvalue weighted by atomic mass is 19.4. The average molecular weight is 303 g/mol. The van der Waals surface area contributed by atoms with Gasteiger partial charge in [-0.25, -0.2) is 0 Å². The average Bonchev–Trinajstić information content (AvgIpc) is 2.36.